The van der Waals surface area contributed by atoms with Gasteiger partial charge in [0.2, 0.25) is 5.91 Å². The Hall–Kier alpha value is -3.16. The van der Waals surface area contributed by atoms with E-state index in [1.807, 2.05) is 30.3 Å². The number of rotatable bonds is 4. The third kappa shape index (κ3) is 3.16. The minimum Gasteiger partial charge on any atom is -0.352 e. The summed E-state index contributed by atoms with van der Waals surface area (Å²) in [5, 5.41) is 7.70. The highest BCUT2D eigenvalue weighted by Crippen LogP contribution is 2.33. The molecule has 1 saturated carbocycles. The molecule has 0 saturated heterocycles. The second kappa shape index (κ2) is 7.59. The zero-order valence-electron chi connectivity index (χ0n) is 17.1. The lowest BCUT2D eigenvalue weighted by Crippen LogP contribution is -2.54. The van der Waals surface area contributed by atoms with Gasteiger partial charge in [-0.2, -0.15) is 5.10 Å². The molecule has 1 aromatic carbocycles. The third-order valence-corrected chi connectivity index (χ3v) is 6.30. The Bertz CT molecular complexity index is 998. The van der Waals surface area contributed by atoms with Gasteiger partial charge in [0.15, 0.2) is 5.82 Å². The number of benzene rings is 1. The van der Waals surface area contributed by atoms with Crippen LogP contribution in [0.2, 0.25) is 0 Å². The van der Waals surface area contributed by atoms with Gasteiger partial charge < -0.3 is 5.32 Å². The highest BCUT2D eigenvalue weighted by atomic mass is 16.2. The standard InChI is InChI=1S/C22H26N6O2/c1-15-7-5-6-10-18(15)25-19(29)14-27-21-17(20-23-11-12-26(20)22(27)30)13-24-28(21)16-8-3-2-4-9-16/h2-4,8-9,13,15,18H,5-7,10-12,14H2,1H3,(H,25,29). The molecule has 0 bridgehead atoms. The van der Waals surface area contributed by atoms with Gasteiger partial charge in [0.05, 0.1) is 24.0 Å². The molecule has 2 unspecified atom stereocenters. The number of amides is 3. The van der Waals surface area contributed by atoms with Crippen LogP contribution in [0.5, 0.6) is 0 Å². The molecular weight excluding hydrogens is 380 g/mol. The summed E-state index contributed by atoms with van der Waals surface area (Å²) < 4.78 is 1.72. The monoisotopic (exact) mass is 406 g/mol. The van der Waals surface area contributed by atoms with E-state index < -0.39 is 0 Å². The van der Waals surface area contributed by atoms with Crippen LogP contribution in [0.15, 0.2) is 41.5 Å². The van der Waals surface area contributed by atoms with Crippen LogP contribution in [0.3, 0.4) is 0 Å². The Kier molecular flexibility index (Phi) is 4.77. The largest absolute Gasteiger partial charge is 0.352 e. The number of hydrogen-bond acceptors (Lipinski definition) is 4. The van der Waals surface area contributed by atoms with Gasteiger partial charge in [-0.25, -0.2) is 9.48 Å². The molecule has 1 N–H and O–H groups in total. The van der Waals surface area contributed by atoms with Crippen molar-refractivity contribution in [2.75, 3.05) is 24.5 Å². The molecule has 2 aliphatic heterocycles. The van der Waals surface area contributed by atoms with E-state index in [-0.39, 0.29) is 24.5 Å². The van der Waals surface area contributed by atoms with E-state index in [0.29, 0.717) is 30.7 Å². The summed E-state index contributed by atoms with van der Waals surface area (Å²) in [5.74, 6) is 1.58. The Morgan fingerprint density at radius 1 is 1.20 bits per heavy atom. The first-order chi connectivity index (χ1) is 14.6. The average molecular weight is 406 g/mol. The zero-order valence-corrected chi connectivity index (χ0v) is 17.1. The van der Waals surface area contributed by atoms with E-state index in [0.717, 1.165) is 30.5 Å². The lowest BCUT2D eigenvalue weighted by atomic mass is 9.86. The average Bonchev–Trinajstić information content (AvgIpc) is 3.41. The van der Waals surface area contributed by atoms with Crippen molar-refractivity contribution in [3.8, 4) is 5.69 Å². The molecule has 1 aromatic heterocycles. The molecule has 156 valence electrons. The molecule has 8 nitrogen and oxygen atoms in total. The summed E-state index contributed by atoms with van der Waals surface area (Å²) in [4.78, 5) is 34.0. The van der Waals surface area contributed by atoms with Crippen molar-refractivity contribution in [2.24, 2.45) is 10.9 Å². The van der Waals surface area contributed by atoms with E-state index in [2.05, 4.69) is 22.3 Å². The highest BCUT2D eigenvalue weighted by molar-refractivity contribution is 6.20. The van der Waals surface area contributed by atoms with Crippen LogP contribution in [0.4, 0.5) is 10.6 Å². The van der Waals surface area contributed by atoms with Crippen LogP contribution in [-0.2, 0) is 4.79 Å². The first-order valence-electron chi connectivity index (χ1n) is 10.7. The van der Waals surface area contributed by atoms with Crippen molar-refractivity contribution in [1.82, 2.24) is 20.0 Å². The number of para-hydroxylation sites is 1. The normalized spacial score (nSPS) is 23.1. The Morgan fingerprint density at radius 3 is 2.80 bits per heavy atom. The van der Waals surface area contributed by atoms with E-state index in [9.17, 15) is 9.59 Å². The van der Waals surface area contributed by atoms with Crippen molar-refractivity contribution >= 4 is 23.6 Å². The number of aromatic nitrogens is 2. The molecule has 3 aliphatic rings. The van der Waals surface area contributed by atoms with Gasteiger partial charge in [-0.3, -0.25) is 19.6 Å². The number of carbonyl (C=O) groups excluding carboxylic acids is 2. The molecule has 3 amide bonds. The maximum absolute atomic E-state index is 13.3. The Morgan fingerprint density at radius 2 is 2.00 bits per heavy atom. The fourth-order valence-electron chi connectivity index (χ4n) is 4.69. The number of aliphatic imine (C=N–C) groups is 1. The van der Waals surface area contributed by atoms with Gasteiger partial charge in [0, 0.05) is 12.6 Å². The Labute approximate surface area is 175 Å². The van der Waals surface area contributed by atoms with Crippen molar-refractivity contribution in [2.45, 2.75) is 38.6 Å². The van der Waals surface area contributed by atoms with Crippen LogP contribution in [0, 0.1) is 5.92 Å². The third-order valence-electron chi connectivity index (χ3n) is 6.30. The molecule has 3 heterocycles. The van der Waals surface area contributed by atoms with Gasteiger partial charge in [-0.05, 0) is 30.9 Å². The van der Waals surface area contributed by atoms with Crippen LogP contribution < -0.4 is 10.2 Å². The number of amidine groups is 1. The number of anilines is 1. The quantitative estimate of drug-likeness (QED) is 0.847. The van der Waals surface area contributed by atoms with E-state index in [4.69, 9.17) is 0 Å². The van der Waals surface area contributed by atoms with Crippen LogP contribution in [0.1, 0.15) is 38.2 Å². The van der Waals surface area contributed by atoms with Crippen molar-refractivity contribution < 1.29 is 9.59 Å². The van der Waals surface area contributed by atoms with Gasteiger partial charge >= 0.3 is 6.03 Å². The molecule has 2 atom stereocenters. The lowest BCUT2D eigenvalue weighted by molar-refractivity contribution is -0.121. The smallest absolute Gasteiger partial charge is 0.331 e. The minimum atomic E-state index is -0.219. The highest BCUT2D eigenvalue weighted by Gasteiger charge is 2.41. The summed E-state index contributed by atoms with van der Waals surface area (Å²) in [6, 6.07) is 9.61. The SMILES string of the molecule is CC1CCCCC1NC(=O)CN1C(=O)N2CCN=C2c2cnn(-c3ccccc3)c21. The van der Waals surface area contributed by atoms with Crippen LogP contribution in [-0.4, -0.2) is 58.1 Å². The maximum atomic E-state index is 13.3. The molecule has 1 aliphatic carbocycles. The van der Waals surface area contributed by atoms with E-state index in [1.165, 1.54) is 6.42 Å². The number of fused-ring (bicyclic) bond motifs is 3. The van der Waals surface area contributed by atoms with Gasteiger partial charge in [-0.15, -0.1) is 0 Å². The van der Waals surface area contributed by atoms with E-state index >= 15 is 0 Å². The summed E-state index contributed by atoms with van der Waals surface area (Å²) in [7, 11) is 0. The van der Waals surface area contributed by atoms with Gasteiger partial charge in [0.25, 0.3) is 0 Å². The number of carbonyl (C=O) groups is 2. The molecule has 1 fully saturated rings. The van der Waals surface area contributed by atoms with Crippen LogP contribution in [0.25, 0.3) is 5.69 Å². The summed E-state index contributed by atoms with van der Waals surface area (Å²) in [6.45, 7) is 3.25. The summed E-state index contributed by atoms with van der Waals surface area (Å²) in [5.41, 5.74) is 1.62. The molecule has 0 spiro atoms. The number of nitrogens with one attached hydrogen (secondary N) is 1. The molecule has 8 heteroatoms. The maximum Gasteiger partial charge on any atom is 0.331 e. The van der Waals surface area contributed by atoms with Crippen molar-refractivity contribution in [3.63, 3.8) is 0 Å². The topological polar surface area (TPSA) is 82.8 Å². The lowest BCUT2D eigenvalue weighted by Gasteiger charge is -2.35. The van der Waals surface area contributed by atoms with Crippen molar-refractivity contribution in [1.29, 1.82) is 0 Å². The number of nitrogens with zero attached hydrogens (tertiary/aromatic N) is 5. The first-order valence-corrected chi connectivity index (χ1v) is 10.7. The molecular formula is C22H26N6O2. The Balaban J connectivity index is 1.47. The summed E-state index contributed by atoms with van der Waals surface area (Å²) >= 11 is 0. The molecule has 0 radical (unpaired) electrons. The molecule has 2 aromatic rings. The van der Waals surface area contributed by atoms with Gasteiger partial charge in [-0.1, -0.05) is 38.0 Å². The van der Waals surface area contributed by atoms with Crippen LogP contribution >= 0.6 is 0 Å². The second-order valence-corrected chi connectivity index (χ2v) is 8.29. The van der Waals surface area contributed by atoms with E-state index in [1.54, 1.807) is 20.7 Å². The first kappa shape index (κ1) is 18.8. The molecule has 30 heavy (non-hydrogen) atoms. The summed E-state index contributed by atoms with van der Waals surface area (Å²) in [6.07, 6.45) is 6.22. The van der Waals surface area contributed by atoms with Gasteiger partial charge in [0.1, 0.15) is 12.4 Å². The van der Waals surface area contributed by atoms with Crippen molar-refractivity contribution in [3.05, 3.63) is 42.1 Å². The minimum absolute atomic E-state index is 0.0304. The zero-order chi connectivity index (χ0) is 20.7. The number of urea groups is 1. The fourth-order valence-corrected chi connectivity index (χ4v) is 4.69. The molecule has 5 rings (SSSR count). The second-order valence-electron chi connectivity index (χ2n) is 8.29. The fraction of sp³-hybridized carbons (Fsp3) is 0.455. The number of hydrogen-bond donors (Lipinski definition) is 1. The predicted octanol–water partition coefficient (Wildman–Crippen LogP) is 2.57. The predicted molar refractivity (Wildman–Crippen MR) is 114 cm³/mol.